The van der Waals surface area contributed by atoms with Crippen LogP contribution >= 0.6 is 0 Å². The van der Waals surface area contributed by atoms with Crippen LogP contribution in [0.15, 0.2) is 42.6 Å². The largest absolute Gasteiger partial charge is 0.493 e. The van der Waals surface area contributed by atoms with Crippen molar-refractivity contribution in [3.63, 3.8) is 0 Å². The van der Waals surface area contributed by atoms with E-state index in [1.165, 1.54) is 12.3 Å². The molecule has 2 aromatic rings. The van der Waals surface area contributed by atoms with Crippen molar-refractivity contribution in [2.24, 2.45) is 5.73 Å². The highest BCUT2D eigenvalue weighted by Crippen LogP contribution is 2.25. The predicted molar refractivity (Wildman–Crippen MR) is 88.3 cm³/mol. The highest BCUT2D eigenvalue weighted by molar-refractivity contribution is 6.01. The number of anilines is 1. The third kappa shape index (κ3) is 4.60. The molecule has 0 bridgehead atoms. The zero-order valence-corrected chi connectivity index (χ0v) is 13.1. The first-order chi connectivity index (χ1) is 11.6. The van der Waals surface area contributed by atoms with E-state index in [2.05, 4.69) is 15.6 Å². The van der Waals surface area contributed by atoms with Crippen LogP contribution in [-0.2, 0) is 0 Å². The zero-order chi connectivity index (χ0) is 17.4. The Hall–Kier alpha value is -3.29. The van der Waals surface area contributed by atoms with Crippen molar-refractivity contribution < 1.29 is 19.1 Å². The molecule has 0 unspecified atom stereocenters. The lowest BCUT2D eigenvalue weighted by Gasteiger charge is -2.12. The minimum Gasteiger partial charge on any atom is -0.493 e. The number of carbonyl (C=O) groups excluding carboxylic acids is 2. The lowest BCUT2D eigenvalue weighted by molar-refractivity contribution is 0.0947. The van der Waals surface area contributed by atoms with Crippen molar-refractivity contribution in [2.45, 2.75) is 0 Å². The molecule has 1 aromatic heterocycles. The molecule has 4 N–H and O–H groups in total. The summed E-state index contributed by atoms with van der Waals surface area (Å²) in [6, 6.07) is 9.56. The fraction of sp³-hybridized carbons (Fsp3) is 0.188. The first-order valence-electron chi connectivity index (χ1n) is 7.17. The summed E-state index contributed by atoms with van der Waals surface area (Å²) in [5.41, 5.74) is 5.27. The number of primary amides is 1. The normalized spacial score (nSPS) is 9.88. The van der Waals surface area contributed by atoms with E-state index in [0.717, 1.165) is 0 Å². The molecule has 0 radical (unpaired) electrons. The summed E-state index contributed by atoms with van der Waals surface area (Å²) in [5.74, 6) is 0.916. The van der Waals surface area contributed by atoms with Crippen LogP contribution in [0, 0.1) is 0 Å². The summed E-state index contributed by atoms with van der Waals surface area (Å²) in [7, 11) is 1.56. The SMILES string of the molecule is COc1ccccc1OCCNC(=O)c1cccnc1NC(N)=O. The maximum absolute atomic E-state index is 12.2. The number of nitrogens with zero attached hydrogens (tertiary/aromatic N) is 1. The Labute approximate surface area is 139 Å². The molecule has 24 heavy (non-hydrogen) atoms. The molecule has 0 aliphatic rings. The van der Waals surface area contributed by atoms with E-state index < -0.39 is 11.9 Å². The van der Waals surface area contributed by atoms with Gasteiger partial charge in [-0.3, -0.25) is 10.1 Å². The van der Waals surface area contributed by atoms with Crippen molar-refractivity contribution in [3.8, 4) is 11.5 Å². The number of rotatable bonds is 7. The second kappa shape index (κ2) is 8.37. The van der Waals surface area contributed by atoms with Crippen LogP contribution in [0.1, 0.15) is 10.4 Å². The number of aromatic nitrogens is 1. The zero-order valence-electron chi connectivity index (χ0n) is 13.1. The van der Waals surface area contributed by atoms with Crippen LogP contribution in [0.2, 0.25) is 0 Å². The molecule has 3 amide bonds. The van der Waals surface area contributed by atoms with Crippen molar-refractivity contribution in [2.75, 3.05) is 25.6 Å². The summed E-state index contributed by atoms with van der Waals surface area (Å²) < 4.78 is 10.7. The maximum atomic E-state index is 12.2. The average molecular weight is 330 g/mol. The standard InChI is InChI=1S/C16H18N4O4/c1-23-12-6-2-3-7-13(12)24-10-9-19-15(21)11-5-4-8-18-14(11)20-16(17)22/h2-8H,9-10H2,1H3,(H,19,21)(H3,17,18,20,22). The first-order valence-corrected chi connectivity index (χ1v) is 7.17. The second-order valence-electron chi connectivity index (χ2n) is 4.64. The summed E-state index contributed by atoms with van der Waals surface area (Å²) in [4.78, 5) is 27.0. The molecular formula is C16H18N4O4. The number of hydrogen-bond donors (Lipinski definition) is 3. The molecule has 0 saturated carbocycles. The Morgan fingerprint density at radius 3 is 2.62 bits per heavy atom. The van der Waals surface area contributed by atoms with E-state index in [1.807, 2.05) is 12.1 Å². The van der Waals surface area contributed by atoms with Gasteiger partial charge in [-0.15, -0.1) is 0 Å². The van der Waals surface area contributed by atoms with Crippen molar-refractivity contribution in [3.05, 3.63) is 48.2 Å². The summed E-state index contributed by atoms with van der Waals surface area (Å²) in [6.07, 6.45) is 1.45. The van der Waals surface area contributed by atoms with E-state index in [0.29, 0.717) is 11.5 Å². The number of carbonyl (C=O) groups is 2. The first kappa shape index (κ1) is 17.1. The topological polar surface area (TPSA) is 116 Å². The molecule has 126 valence electrons. The van der Waals surface area contributed by atoms with Crippen LogP contribution in [0.5, 0.6) is 11.5 Å². The molecule has 0 fully saturated rings. The van der Waals surface area contributed by atoms with Crippen molar-refractivity contribution in [1.29, 1.82) is 0 Å². The van der Waals surface area contributed by atoms with Gasteiger partial charge in [0.2, 0.25) is 0 Å². The van der Waals surface area contributed by atoms with Gasteiger partial charge in [-0.2, -0.15) is 0 Å². The fourth-order valence-corrected chi connectivity index (χ4v) is 1.96. The highest BCUT2D eigenvalue weighted by atomic mass is 16.5. The Kier molecular flexibility index (Phi) is 5.95. The van der Waals surface area contributed by atoms with Crippen LogP contribution in [0.3, 0.4) is 0 Å². The smallest absolute Gasteiger partial charge is 0.317 e. The van der Waals surface area contributed by atoms with Crippen molar-refractivity contribution in [1.82, 2.24) is 10.3 Å². The minimum absolute atomic E-state index is 0.105. The Morgan fingerprint density at radius 1 is 1.17 bits per heavy atom. The molecule has 0 spiro atoms. The van der Waals surface area contributed by atoms with E-state index >= 15 is 0 Å². The molecule has 8 nitrogen and oxygen atoms in total. The molecule has 0 aliphatic heterocycles. The Morgan fingerprint density at radius 2 is 1.92 bits per heavy atom. The fourth-order valence-electron chi connectivity index (χ4n) is 1.96. The predicted octanol–water partition coefficient (Wildman–Crippen LogP) is 1.39. The Balaban J connectivity index is 1.89. The maximum Gasteiger partial charge on any atom is 0.317 e. The van der Waals surface area contributed by atoms with E-state index in [1.54, 1.807) is 25.3 Å². The highest BCUT2D eigenvalue weighted by Gasteiger charge is 2.13. The molecule has 1 heterocycles. The van der Waals surface area contributed by atoms with Gasteiger partial charge in [0.05, 0.1) is 19.2 Å². The number of hydrogen-bond acceptors (Lipinski definition) is 5. The number of methoxy groups -OCH3 is 1. The quantitative estimate of drug-likeness (QED) is 0.664. The average Bonchev–Trinajstić information content (AvgIpc) is 2.58. The van der Waals surface area contributed by atoms with Gasteiger partial charge < -0.3 is 20.5 Å². The van der Waals surface area contributed by atoms with E-state index in [-0.39, 0.29) is 24.5 Å². The van der Waals surface area contributed by atoms with Crippen LogP contribution < -0.4 is 25.8 Å². The molecule has 2 rings (SSSR count). The van der Waals surface area contributed by atoms with Crippen molar-refractivity contribution >= 4 is 17.8 Å². The van der Waals surface area contributed by atoms with Gasteiger partial charge in [-0.25, -0.2) is 9.78 Å². The van der Waals surface area contributed by atoms with Crippen LogP contribution in [-0.4, -0.2) is 37.2 Å². The van der Waals surface area contributed by atoms with Gasteiger partial charge in [0.15, 0.2) is 11.5 Å². The van der Waals surface area contributed by atoms with Gasteiger partial charge in [0, 0.05) is 6.20 Å². The molecular weight excluding hydrogens is 312 g/mol. The number of nitrogens with one attached hydrogen (secondary N) is 2. The monoisotopic (exact) mass is 330 g/mol. The van der Waals surface area contributed by atoms with E-state index in [9.17, 15) is 9.59 Å². The number of benzene rings is 1. The molecule has 8 heteroatoms. The van der Waals surface area contributed by atoms with Crippen LogP contribution in [0.4, 0.5) is 10.6 Å². The number of para-hydroxylation sites is 2. The van der Waals surface area contributed by atoms with Crippen LogP contribution in [0.25, 0.3) is 0 Å². The van der Waals surface area contributed by atoms with Gasteiger partial charge in [0.25, 0.3) is 5.91 Å². The summed E-state index contributed by atoms with van der Waals surface area (Å²) in [5, 5.41) is 4.99. The minimum atomic E-state index is -0.790. The third-order valence-corrected chi connectivity index (χ3v) is 3.01. The second-order valence-corrected chi connectivity index (χ2v) is 4.64. The van der Waals surface area contributed by atoms with Gasteiger partial charge in [-0.05, 0) is 24.3 Å². The molecule has 0 saturated heterocycles. The van der Waals surface area contributed by atoms with Gasteiger partial charge in [0.1, 0.15) is 12.4 Å². The Bertz CT molecular complexity index is 721. The molecule has 1 aromatic carbocycles. The lowest BCUT2D eigenvalue weighted by atomic mass is 10.2. The van der Waals surface area contributed by atoms with E-state index in [4.69, 9.17) is 15.2 Å². The number of pyridine rings is 1. The third-order valence-electron chi connectivity index (χ3n) is 3.01. The summed E-state index contributed by atoms with van der Waals surface area (Å²) >= 11 is 0. The lowest BCUT2D eigenvalue weighted by Crippen LogP contribution is -2.30. The van der Waals surface area contributed by atoms with Gasteiger partial charge >= 0.3 is 6.03 Å². The summed E-state index contributed by atoms with van der Waals surface area (Å²) in [6.45, 7) is 0.521. The number of amides is 3. The number of nitrogens with two attached hydrogens (primary N) is 1. The number of ether oxygens (including phenoxy) is 2. The molecule has 0 aliphatic carbocycles. The molecule has 0 atom stereocenters. The van der Waals surface area contributed by atoms with Gasteiger partial charge in [-0.1, -0.05) is 12.1 Å². The number of urea groups is 1.